The van der Waals surface area contributed by atoms with E-state index in [2.05, 4.69) is 17.9 Å². The van der Waals surface area contributed by atoms with Gasteiger partial charge in [-0.05, 0) is 56.0 Å². The van der Waals surface area contributed by atoms with Gasteiger partial charge in [-0.15, -0.1) is 0 Å². The quantitative estimate of drug-likeness (QED) is 0.896. The monoisotopic (exact) mass is 253 g/mol. The van der Waals surface area contributed by atoms with Gasteiger partial charge in [0.25, 0.3) is 0 Å². The number of hydrogen-bond acceptors (Lipinski definition) is 2. The molecule has 17 heavy (non-hydrogen) atoms. The molecular weight excluding hydrogens is 234 g/mol. The number of aryl methyl sites for hydroxylation is 1. The minimum absolute atomic E-state index is 0.189. The fourth-order valence-corrected chi connectivity index (χ4v) is 2.70. The van der Waals surface area contributed by atoms with E-state index in [0.29, 0.717) is 5.92 Å². The number of nitrogens with zero attached hydrogens (tertiary/aromatic N) is 1. The normalized spacial score (nSPS) is 22.9. The number of halogens is 1. The molecule has 2 nitrogen and oxygen atoms in total. The van der Waals surface area contributed by atoms with Crippen LogP contribution in [0.2, 0.25) is 5.02 Å². The van der Waals surface area contributed by atoms with Crippen molar-refractivity contribution in [2.24, 2.45) is 5.92 Å². The van der Waals surface area contributed by atoms with Gasteiger partial charge >= 0.3 is 0 Å². The predicted molar refractivity (Wildman–Crippen MR) is 71.3 cm³/mol. The van der Waals surface area contributed by atoms with Crippen molar-refractivity contribution < 1.29 is 5.11 Å². The first-order valence-electron chi connectivity index (χ1n) is 6.21. The Labute approximate surface area is 108 Å². The van der Waals surface area contributed by atoms with Crippen molar-refractivity contribution >= 4 is 11.6 Å². The molecule has 1 heterocycles. The van der Waals surface area contributed by atoms with Gasteiger partial charge in [0.2, 0.25) is 0 Å². The summed E-state index contributed by atoms with van der Waals surface area (Å²) in [7, 11) is 0. The largest absolute Gasteiger partial charge is 0.393 e. The first-order valence-corrected chi connectivity index (χ1v) is 6.59. The molecule has 0 amide bonds. The molecule has 1 aliphatic rings. The molecule has 0 unspecified atom stereocenters. The Morgan fingerprint density at radius 2 is 2.29 bits per heavy atom. The maximum atomic E-state index is 9.58. The summed E-state index contributed by atoms with van der Waals surface area (Å²) in [6, 6.07) is 6.07. The molecule has 0 aliphatic carbocycles. The van der Waals surface area contributed by atoms with Crippen molar-refractivity contribution in [3.8, 4) is 0 Å². The summed E-state index contributed by atoms with van der Waals surface area (Å²) < 4.78 is 0. The zero-order chi connectivity index (χ0) is 12.4. The van der Waals surface area contributed by atoms with E-state index in [0.717, 1.165) is 31.1 Å². The number of hydrogen-bond donors (Lipinski definition) is 1. The van der Waals surface area contributed by atoms with Gasteiger partial charge in [-0.25, -0.2) is 0 Å². The van der Waals surface area contributed by atoms with E-state index < -0.39 is 0 Å². The van der Waals surface area contributed by atoms with Crippen LogP contribution in [0.1, 0.15) is 24.5 Å². The predicted octanol–water partition coefficient (Wildman–Crippen LogP) is 2.85. The molecule has 1 aromatic rings. The average Bonchev–Trinajstić information content (AvgIpc) is 2.71. The minimum atomic E-state index is -0.189. The lowest BCUT2D eigenvalue weighted by Crippen LogP contribution is -2.24. The van der Waals surface area contributed by atoms with Crippen LogP contribution in [-0.2, 0) is 6.54 Å². The highest BCUT2D eigenvalue weighted by molar-refractivity contribution is 6.30. The lowest BCUT2D eigenvalue weighted by atomic mass is 10.0. The lowest BCUT2D eigenvalue weighted by molar-refractivity contribution is 0.127. The first-order chi connectivity index (χ1) is 8.06. The van der Waals surface area contributed by atoms with Gasteiger partial charge in [0.15, 0.2) is 0 Å². The lowest BCUT2D eigenvalue weighted by Gasteiger charge is -2.18. The van der Waals surface area contributed by atoms with Crippen molar-refractivity contribution in [3.05, 3.63) is 34.3 Å². The van der Waals surface area contributed by atoms with Crippen LogP contribution in [0.15, 0.2) is 18.2 Å². The standard InChI is InChI=1S/C14H20ClNO/c1-10-7-14(15)4-3-12(10)8-16-6-5-13(9-16)11(2)17/h3-4,7,11,13,17H,5-6,8-9H2,1-2H3/t11-,13+/m0/s1. The van der Waals surface area contributed by atoms with Gasteiger partial charge in [-0.2, -0.15) is 0 Å². The summed E-state index contributed by atoms with van der Waals surface area (Å²) >= 11 is 5.95. The average molecular weight is 254 g/mol. The molecule has 0 aromatic heterocycles. The first kappa shape index (κ1) is 12.9. The highest BCUT2D eigenvalue weighted by atomic mass is 35.5. The summed E-state index contributed by atoms with van der Waals surface area (Å²) in [4.78, 5) is 2.41. The van der Waals surface area contributed by atoms with Crippen LogP contribution in [0.25, 0.3) is 0 Å². The highest BCUT2D eigenvalue weighted by Crippen LogP contribution is 2.23. The number of likely N-dealkylation sites (tertiary alicyclic amines) is 1. The maximum absolute atomic E-state index is 9.58. The molecule has 1 aromatic carbocycles. The number of aliphatic hydroxyl groups is 1. The molecule has 94 valence electrons. The van der Waals surface area contributed by atoms with Crippen LogP contribution in [-0.4, -0.2) is 29.2 Å². The van der Waals surface area contributed by atoms with Crippen LogP contribution in [0.3, 0.4) is 0 Å². The third-order valence-electron chi connectivity index (χ3n) is 3.69. The van der Waals surface area contributed by atoms with Crippen molar-refractivity contribution in [1.29, 1.82) is 0 Å². The topological polar surface area (TPSA) is 23.5 Å². The summed E-state index contributed by atoms with van der Waals surface area (Å²) in [6.07, 6.45) is 0.913. The van der Waals surface area contributed by atoms with Crippen LogP contribution in [0.5, 0.6) is 0 Å². The van der Waals surface area contributed by atoms with Crippen LogP contribution >= 0.6 is 11.6 Å². The molecule has 2 atom stereocenters. The third-order valence-corrected chi connectivity index (χ3v) is 3.92. The molecule has 0 bridgehead atoms. The van der Waals surface area contributed by atoms with E-state index >= 15 is 0 Å². The zero-order valence-corrected chi connectivity index (χ0v) is 11.2. The van der Waals surface area contributed by atoms with Gasteiger partial charge < -0.3 is 5.11 Å². The molecule has 1 N–H and O–H groups in total. The number of rotatable bonds is 3. The van der Waals surface area contributed by atoms with E-state index in [1.807, 2.05) is 19.1 Å². The Hall–Kier alpha value is -0.570. The second-order valence-electron chi connectivity index (χ2n) is 5.10. The minimum Gasteiger partial charge on any atom is -0.393 e. The molecule has 0 radical (unpaired) electrons. The fraction of sp³-hybridized carbons (Fsp3) is 0.571. The van der Waals surface area contributed by atoms with Gasteiger partial charge in [0, 0.05) is 18.1 Å². The Kier molecular flexibility index (Phi) is 4.08. The van der Waals surface area contributed by atoms with Crippen molar-refractivity contribution in [2.45, 2.75) is 32.9 Å². The molecular formula is C14H20ClNO. The Bertz CT molecular complexity index is 392. The van der Waals surface area contributed by atoms with Gasteiger partial charge in [0.05, 0.1) is 6.10 Å². The SMILES string of the molecule is Cc1cc(Cl)ccc1CN1CC[C@@H]([C@H](C)O)C1. The second kappa shape index (κ2) is 5.38. The molecule has 0 spiro atoms. The molecule has 1 fully saturated rings. The number of aliphatic hydroxyl groups excluding tert-OH is 1. The van der Waals surface area contributed by atoms with Crippen molar-refractivity contribution in [2.75, 3.05) is 13.1 Å². The van der Waals surface area contributed by atoms with E-state index in [9.17, 15) is 5.11 Å². The molecule has 1 aliphatic heterocycles. The zero-order valence-electron chi connectivity index (χ0n) is 10.5. The summed E-state index contributed by atoms with van der Waals surface area (Å²) in [5.41, 5.74) is 2.58. The molecule has 2 rings (SSSR count). The number of benzene rings is 1. The molecule has 3 heteroatoms. The van der Waals surface area contributed by atoms with E-state index in [1.54, 1.807) is 0 Å². The van der Waals surface area contributed by atoms with Crippen molar-refractivity contribution in [1.82, 2.24) is 4.90 Å². The van der Waals surface area contributed by atoms with Crippen LogP contribution < -0.4 is 0 Å². The highest BCUT2D eigenvalue weighted by Gasteiger charge is 2.25. The maximum Gasteiger partial charge on any atom is 0.0552 e. The van der Waals surface area contributed by atoms with E-state index in [1.165, 1.54) is 11.1 Å². The summed E-state index contributed by atoms with van der Waals surface area (Å²) in [6.45, 7) is 7.04. The third kappa shape index (κ3) is 3.21. The summed E-state index contributed by atoms with van der Waals surface area (Å²) in [5.74, 6) is 0.433. The van der Waals surface area contributed by atoms with Gasteiger partial charge in [-0.3, -0.25) is 4.90 Å². The second-order valence-corrected chi connectivity index (χ2v) is 5.53. The fourth-order valence-electron chi connectivity index (χ4n) is 2.48. The van der Waals surface area contributed by atoms with Crippen LogP contribution in [0, 0.1) is 12.8 Å². The van der Waals surface area contributed by atoms with Crippen LogP contribution in [0.4, 0.5) is 0 Å². The Morgan fingerprint density at radius 1 is 1.53 bits per heavy atom. The van der Waals surface area contributed by atoms with Crippen molar-refractivity contribution in [3.63, 3.8) is 0 Å². The molecule has 0 saturated carbocycles. The van der Waals surface area contributed by atoms with Gasteiger partial charge in [-0.1, -0.05) is 17.7 Å². The molecule has 1 saturated heterocycles. The van der Waals surface area contributed by atoms with E-state index in [-0.39, 0.29) is 6.10 Å². The summed E-state index contributed by atoms with van der Waals surface area (Å²) in [5, 5.41) is 10.4. The Morgan fingerprint density at radius 3 is 2.88 bits per heavy atom. The Balaban J connectivity index is 1.98. The van der Waals surface area contributed by atoms with E-state index in [4.69, 9.17) is 11.6 Å². The smallest absolute Gasteiger partial charge is 0.0552 e. The van der Waals surface area contributed by atoms with Gasteiger partial charge in [0.1, 0.15) is 0 Å².